The molecule has 34 heavy (non-hydrogen) atoms. The zero-order valence-corrected chi connectivity index (χ0v) is 19.8. The number of ether oxygens (including phenoxy) is 2. The predicted molar refractivity (Wildman–Crippen MR) is 134 cm³/mol. The summed E-state index contributed by atoms with van der Waals surface area (Å²) >= 11 is 0. The average Bonchev–Trinajstić information content (AvgIpc) is 2.90. The van der Waals surface area contributed by atoms with Gasteiger partial charge < -0.3 is 24.6 Å². The number of benzene rings is 3. The summed E-state index contributed by atoms with van der Waals surface area (Å²) in [5, 5.41) is 22.5. The van der Waals surface area contributed by atoms with Gasteiger partial charge in [-0.1, -0.05) is 72.8 Å². The molecule has 0 saturated carbocycles. The minimum Gasteiger partial charge on any atom is -0.497 e. The monoisotopic (exact) mass is 461 g/mol. The van der Waals surface area contributed by atoms with Gasteiger partial charge in [-0.2, -0.15) is 0 Å². The molecule has 0 bridgehead atoms. The van der Waals surface area contributed by atoms with Crippen molar-refractivity contribution in [3.63, 3.8) is 0 Å². The largest absolute Gasteiger partial charge is 0.497 e. The molecule has 5 nitrogen and oxygen atoms in total. The van der Waals surface area contributed by atoms with E-state index in [2.05, 4.69) is 4.90 Å². The van der Waals surface area contributed by atoms with Gasteiger partial charge in [-0.3, -0.25) is 0 Å². The number of piperidine rings is 1. The Morgan fingerprint density at radius 2 is 1.44 bits per heavy atom. The highest BCUT2D eigenvalue weighted by molar-refractivity contribution is 5.37. The first kappa shape index (κ1) is 24.4. The summed E-state index contributed by atoms with van der Waals surface area (Å²) < 4.78 is 10.9. The van der Waals surface area contributed by atoms with Crippen LogP contribution in [0, 0.1) is 5.92 Å². The molecule has 1 fully saturated rings. The number of hydrogen-bond donors (Lipinski definition) is 2. The molecule has 1 aliphatic rings. The van der Waals surface area contributed by atoms with Crippen molar-refractivity contribution in [1.29, 1.82) is 0 Å². The maximum atomic E-state index is 12.0. The molecule has 180 valence electrons. The molecule has 2 N–H and O–H groups in total. The van der Waals surface area contributed by atoms with E-state index in [1.807, 2.05) is 84.9 Å². The van der Waals surface area contributed by atoms with Gasteiger partial charge in [-0.25, -0.2) is 0 Å². The molecule has 0 spiro atoms. The Hall–Kier alpha value is -2.70. The Morgan fingerprint density at radius 1 is 0.882 bits per heavy atom. The quantitative estimate of drug-likeness (QED) is 0.473. The number of aliphatic hydroxyl groups excluding tert-OH is 1. The van der Waals surface area contributed by atoms with Gasteiger partial charge in [0.25, 0.3) is 0 Å². The van der Waals surface area contributed by atoms with Gasteiger partial charge in [0.2, 0.25) is 0 Å². The minimum atomic E-state index is -1.02. The van der Waals surface area contributed by atoms with Crippen LogP contribution in [0.5, 0.6) is 5.75 Å². The summed E-state index contributed by atoms with van der Waals surface area (Å²) in [4.78, 5) is 2.27. The normalized spacial score (nSPS) is 16.3. The zero-order valence-electron chi connectivity index (χ0n) is 19.8. The third-order valence-corrected chi connectivity index (χ3v) is 6.81. The van der Waals surface area contributed by atoms with Crippen LogP contribution in [0.4, 0.5) is 0 Å². The summed E-state index contributed by atoms with van der Waals surface area (Å²) in [5.74, 6) is 0.927. The number of β-amino-alcohol motifs (C(OH)–C–C–N with tert-alkyl or cyclic N) is 1. The van der Waals surface area contributed by atoms with Gasteiger partial charge in [-0.05, 0) is 60.7 Å². The number of hydrogen-bond acceptors (Lipinski definition) is 5. The second kappa shape index (κ2) is 11.6. The Balaban J connectivity index is 1.30. The second-order valence-corrected chi connectivity index (χ2v) is 9.09. The van der Waals surface area contributed by atoms with Crippen molar-refractivity contribution in [3.05, 3.63) is 102 Å². The van der Waals surface area contributed by atoms with Crippen LogP contribution in [0.15, 0.2) is 84.9 Å². The van der Waals surface area contributed by atoms with Crippen molar-refractivity contribution in [1.82, 2.24) is 4.90 Å². The molecular weight excluding hydrogens is 426 g/mol. The zero-order chi connectivity index (χ0) is 23.8. The predicted octanol–water partition coefficient (Wildman–Crippen LogP) is 4.22. The summed E-state index contributed by atoms with van der Waals surface area (Å²) in [6, 6.07) is 27.7. The van der Waals surface area contributed by atoms with E-state index in [0.29, 0.717) is 19.8 Å². The topological polar surface area (TPSA) is 62.2 Å². The lowest BCUT2D eigenvalue weighted by Crippen LogP contribution is -2.46. The van der Waals surface area contributed by atoms with E-state index < -0.39 is 11.7 Å². The highest BCUT2D eigenvalue weighted by atomic mass is 16.5. The molecule has 0 aliphatic carbocycles. The lowest BCUT2D eigenvalue weighted by Gasteiger charge is -2.42. The maximum absolute atomic E-state index is 12.0. The summed E-state index contributed by atoms with van der Waals surface area (Å²) in [6.07, 6.45) is 1.18. The van der Waals surface area contributed by atoms with Crippen LogP contribution in [-0.4, -0.2) is 54.6 Å². The Kier molecular flexibility index (Phi) is 8.35. The molecule has 1 heterocycles. The van der Waals surface area contributed by atoms with Crippen LogP contribution >= 0.6 is 0 Å². The third-order valence-electron chi connectivity index (χ3n) is 6.81. The molecule has 0 radical (unpaired) electrons. The highest BCUT2D eigenvalue weighted by Crippen LogP contribution is 2.41. The minimum absolute atomic E-state index is 0.108. The Morgan fingerprint density at radius 3 is 1.97 bits per heavy atom. The number of aliphatic hydroxyl groups is 2. The first-order valence-corrected chi connectivity index (χ1v) is 12.0. The van der Waals surface area contributed by atoms with Crippen LogP contribution in [0.2, 0.25) is 0 Å². The molecule has 3 aromatic rings. The van der Waals surface area contributed by atoms with Crippen LogP contribution in [0.3, 0.4) is 0 Å². The summed E-state index contributed by atoms with van der Waals surface area (Å²) in [7, 11) is 1.65. The standard InChI is InChI=1S/C29H35NO4/c1-33-28-14-12-23(13-15-28)21-34-22-27(31)20-30-18-16-26(17-19-30)29(32,24-8-4-2-5-9-24)25-10-6-3-7-11-25/h2-15,26-27,31-32H,16-22H2,1H3/t27-/m0/s1. The molecule has 1 atom stereocenters. The van der Waals surface area contributed by atoms with E-state index in [0.717, 1.165) is 48.4 Å². The SMILES string of the molecule is COc1ccc(COC[C@@H](O)CN2CCC(C(O)(c3ccccc3)c3ccccc3)CC2)cc1. The van der Waals surface area contributed by atoms with Crippen molar-refractivity contribution in [2.45, 2.75) is 31.2 Å². The number of nitrogens with zero attached hydrogens (tertiary/aromatic N) is 1. The van der Waals surface area contributed by atoms with Crippen LogP contribution in [0.25, 0.3) is 0 Å². The molecule has 1 saturated heterocycles. The second-order valence-electron chi connectivity index (χ2n) is 9.09. The molecular formula is C29H35NO4. The fourth-order valence-electron chi connectivity index (χ4n) is 4.94. The molecule has 1 aliphatic heterocycles. The van der Waals surface area contributed by atoms with Gasteiger partial charge in [0.15, 0.2) is 0 Å². The van der Waals surface area contributed by atoms with Crippen LogP contribution < -0.4 is 4.74 Å². The molecule has 0 amide bonds. The van der Waals surface area contributed by atoms with Crippen LogP contribution in [-0.2, 0) is 16.9 Å². The third kappa shape index (κ3) is 5.86. The van der Waals surface area contributed by atoms with Crippen molar-refractivity contribution >= 4 is 0 Å². The lowest BCUT2D eigenvalue weighted by atomic mass is 9.72. The number of rotatable bonds is 10. The van der Waals surface area contributed by atoms with Crippen molar-refractivity contribution in [3.8, 4) is 5.75 Å². The van der Waals surface area contributed by atoms with E-state index in [-0.39, 0.29) is 5.92 Å². The van der Waals surface area contributed by atoms with E-state index in [4.69, 9.17) is 9.47 Å². The Bertz CT molecular complexity index is 946. The first-order chi connectivity index (χ1) is 16.6. The van der Waals surface area contributed by atoms with Crippen molar-refractivity contribution in [2.75, 3.05) is 33.4 Å². The maximum Gasteiger partial charge on any atom is 0.118 e. The number of methoxy groups -OCH3 is 1. The highest BCUT2D eigenvalue weighted by Gasteiger charge is 2.41. The summed E-state index contributed by atoms with van der Waals surface area (Å²) in [6.45, 7) is 3.00. The van der Waals surface area contributed by atoms with E-state index in [1.165, 1.54) is 0 Å². The van der Waals surface area contributed by atoms with Crippen LogP contribution in [0.1, 0.15) is 29.5 Å². The van der Waals surface area contributed by atoms with Crippen molar-refractivity contribution < 1.29 is 19.7 Å². The fraction of sp³-hybridized carbons (Fsp3) is 0.379. The molecule has 0 unspecified atom stereocenters. The number of likely N-dealkylation sites (tertiary alicyclic amines) is 1. The van der Waals surface area contributed by atoms with E-state index in [1.54, 1.807) is 7.11 Å². The molecule has 0 aromatic heterocycles. The van der Waals surface area contributed by atoms with Gasteiger partial charge in [-0.15, -0.1) is 0 Å². The average molecular weight is 462 g/mol. The van der Waals surface area contributed by atoms with E-state index >= 15 is 0 Å². The smallest absolute Gasteiger partial charge is 0.118 e. The molecule has 4 rings (SSSR count). The fourth-order valence-corrected chi connectivity index (χ4v) is 4.94. The Labute approximate surface area is 202 Å². The molecule has 5 heteroatoms. The lowest BCUT2D eigenvalue weighted by molar-refractivity contribution is -0.0294. The van der Waals surface area contributed by atoms with E-state index in [9.17, 15) is 10.2 Å². The van der Waals surface area contributed by atoms with Gasteiger partial charge >= 0.3 is 0 Å². The molecule has 3 aromatic carbocycles. The van der Waals surface area contributed by atoms with Gasteiger partial charge in [0.05, 0.1) is 26.4 Å². The van der Waals surface area contributed by atoms with Gasteiger partial charge in [0, 0.05) is 6.54 Å². The van der Waals surface area contributed by atoms with Gasteiger partial charge in [0.1, 0.15) is 11.4 Å². The van der Waals surface area contributed by atoms with Crippen molar-refractivity contribution in [2.24, 2.45) is 5.92 Å². The summed E-state index contributed by atoms with van der Waals surface area (Å²) in [5.41, 5.74) is 1.91. The first-order valence-electron chi connectivity index (χ1n) is 12.0.